The minimum absolute atomic E-state index is 0.00105. The zero-order valence-corrected chi connectivity index (χ0v) is 11.8. The van der Waals surface area contributed by atoms with Crippen molar-refractivity contribution in [3.8, 4) is 10.6 Å². The van der Waals surface area contributed by atoms with Crippen molar-refractivity contribution in [2.24, 2.45) is 0 Å². The van der Waals surface area contributed by atoms with Gasteiger partial charge in [0.15, 0.2) is 5.01 Å². The Kier molecular flexibility index (Phi) is 4.35. The lowest BCUT2D eigenvalue weighted by atomic mass is 10.2. The largest absolute Gasteiger partial charge is 0.308 e. The van der Waals surface area contributed by atoms with E-state index in [1.807, 2.05) is 13.8 Å². The second-order valence-electron chi connectivity index (χ2n) is 4.14. The van der Waals surface area contributed by atoms with E-state index in [0.29, 0.717) is 10.0 Å². The van der Waals surface area contributed by atoms with Crippen LogP contribution in [0.15, 0.2) is 18.2 Å². The Morgan fingerprint density at radius 3 is 2.90 bits per heavy atom. The van der Waals surface area contributed by atoms with Gasteiger partial charge in [-0.1, -0.05) is 18.3 Å². The van der Waals surface area contributed by atoms with Crippen LogP contribution in [-0.4, -0.2) is 21.7 Å². The molecule has 0 radical (unpaired) electrons. The summed E-state index contributed by atoms with van der Waals surface area (Å²) in [6.07, 6.45) is 0. The Balaban J connectivity index is 2.41. The third-order valence-corrected chi connectivity index (χ3v) is 3.85. The van der Waals surface area contributed by atoms with Crippen LogP contribution < -0.4 is 5.32 Å². The Hall–Kier alpha value is -1.93. The van der Waals surface area contributed by atoms with E-state index in [9.17, 15) is 14.5 Å². The number of benzene rings is 1. The lowest BCUT2D eigenvalue weighted by Crippen LogP contribution is -2.17. The highest BCUT2D eigenvalue weighted by molar-refractivity contribution is 7.14. The number of nitrogens with one attached hydrogen (secondary N) is 1. The monoisotopic (exact) mass is 296 g/mol. The Labute approximate surface area is 118 Å². The molecule has 1 unspecified atom stereocenters. The van der Waals surface area contributed by atoms with Crippen LogP contribution in [0.5, 0.6) is 0 Å². The zero-order valence-electron chi connectivity index (χ0n) is 11.0. The lowest BCUT2D eigenvalue weighted by molar-refractivity contribution is -0.384. The molecule has 8 heteroatoms. The molecule has 1 aromatic carbocycles. The van der Waals surface area contributed by atoms with E-state index in [0.717, 1.165) is 24.7 Å². The number of nitro groups is 1. The molecule has 1 atom stereocenters. The predicted molar refractivity (Wildman–Crippen MR) is 74.0 cm³/mol. The molecule has 106 valence electrons. The molecule has 2 rings (SSSR count). The van der Waals surface area contributed by atoms with Crippen molar-refractivity contribution < 1.29 is 9.31 Å². The third-order valence-electron chi connectivity index (χ3n) is 2.71. The molecule has 6 nitrogen and oxygen atoms in total. The van der Waals surface area contributed by atoms with Crippen LogP contribution in [0.4, 0.5) is 10.1 Å². The molecule has 0 saturated heterocycles. The average molecular weight is 296 g/mol. The van der Waals surface area contributed by atoms with Crippen LogP contribution in [0.2, 0.25) is 0 Å². The number of aromatic nitrogens is 2. The van der Waals surface area contributed by atoms with Gasteiger partial charge in [0.25, 0.3) is 5.69 Å². The van der Waals surface area contributed by atoms with Crippen molar-refractivity contribution in [1.82, 2.24) is 15.5 Å². The molecule has 0 amide bonds. The quantitative estimate of drug-likeness (QED) is 0.677. The van der Waals surface area contributed by atoms with Gasteiger partial charge in [0, 0.05) is 6.07 Å². The summed E-state index contributed by atoms with van der Waals surface area (Å²) in [6.45, 7) is 4.67. The van der Waals surface area contributed by atoms with Crippen LogP contribution >= 0.6 is 11.3 Å². The van der Waals surface area contributed by atoms with Crippen molar-refractivity contribution >= 4 is 17.0 Å². The number of rotatable bonds is 5. The van der Waals surface area contributed by atoms with Crippen LogP contribution in [0, 0.1) is 15.9 Å². The van der Waals surface area contributed by atoms with Gasteiger partial charge in [-0.3, -0.25) is 10.1 Å². The number of halogens is 1. The summed E-state index contributed by atoms with van der Waals surface area (Å²) in [5.41, 5.74) is -0.0207. The maximum atomic E-state index is 13.3. The van der Waals surface area contributed by atoms with E-state index in [-0.39, 0.29) is 17.3 Å². The first-order valence-electron chi connectivity index (χ1n) is 6.04. The van der Waals surface area contributed by atoms with E-state index < -0.39 is 10.7 Å². The van der Waals surface area contributed by atoms with Crippen molar-refractivity contribution in [1.29, 1.82) is 0 Å². The molecule has 0 bridgehead atoms. The second-order valence-corrected chi connectivity index (χ2v) is 5.15. The normalized spacial score (nSPS) is 12.3. The minimum Gasteiger partial charge on any atom is -0.308 e. The molecule has 0 saturated carbocycles. The molecule has 1 N–H and O–H groups in total. The summed E-state index contributed by atoms with van der Waals surface area (Å²) < 4.78 is 13.3. The van der Waals surface area contributed by atoms with E-state index in [4.69, 9.17) is 0 Å². The number of hydrogen-bond donors (Lipinski definition) is 1. The molecule has 0 aliphatic rings. The maximum Gasteiger partial charge on any atom is 0.279 e. The lowest BCUT2D eigenvalue weighted by Gasteiger charge is -2.06. The average Bonchev–Trinajstić information content (AvgIpc) is 2.88. The third kappa shape index (κ3) is 2.97. The standard InChI is InChI=1S/C12H13FN4O2S/c1-3-14-7(2)11-15-16-12(20-11)9-6-8(13)4-5-10(9)17(18)19/h4-7,14H,3H2,1-2H3. The Morgan fingerprint density at radius 2 is 2.25 bits per heavy atom. The highest BCUT2D eigenvalue weighted by atomic mass is 32.1. The first-order valence-corrected chi connectivity index (χ1v) is 6.85. The second kappa shape index (κ2) is 6.02. The predicted octanol–water partition coefficient (Wildman–Crippen LogP) is 2.92. The van der Waals surface area contributed by atoms with Gasteiger partial charge in [-0.15, -0.1) is 10.2 Å². The Bertz CT molecular complexity index is 632. The first kappa shape index (κ1) is 14.5. The summed E-state index contributed by atoms with van der Waals surface area (Å²) in [5.74, 6) is -0.540. The number of hydrogen-bond acceptors (Lipinski definition) is 6. The van der Waals surface area contributed by atoms with E-state index in [1.54, 1.807) is 0 Å². The summed E-state index contributed by atoms with van der Waals surface area (Å²) in [6, 6.07) is 3.31. The smallest absolute Gasteiger partial charge is 0.279 e. The molecule has 1 aromatic heterocycles. The molecular formula is C12H13FN4O2S. The van der Waals surface area contributed by atoms with Crippen LogP contribution in [0.25, 0.3) is 10.6 Å². The van der Waals surface area contributed by atoms with E-state index >= 15 is 0 Å². The van der Waals surface area contributed by atoms with Crippen LogP contribution in [0.1, 0.15) is 24.9 Å². The van der Waals surface area contributed by atoms with Crippen molar-refractivity contribution in [3.05, 3.63) is 39.1 Å². The van der Waals surface area contributed by atoms with Crippen molar-refractivity contribution in [3.63, 3.8) is 0 Å². The topological polar surface area (TPSA) is 81.0 Å². The molecule has 0 fully saturated rings. The van der Waals surface area contributed by atoms with Gasteiger partial charge in [-0.25, -0.2) is 4.39 Å². The summed E-state index contributed by atoms with van der Waals surface area (Å²) in [5, 5.41) is 23.1. The fourth-order valence-corrected chi connectivity index (χ4v) is 2.65. The SMILES string of the molecule is CCNC(C)c1nnc(-c2cc(F)ccc2[N+](=O)[O-])s1. The summed E-state index contributed by atoms with van der Waals surface area (Å²) in [4.78, 5) is 10.4. The van der Waals surface area contributed by atoms with Crippen molar-refractivity contribution in [2.45, 2.75) is 19.9 Å². The summed E-state index contributed by atoms with van der Waals surface area (Å²) in [7, 11) is 0. The van der Waals surface area contributed by atoms with Gasteiger partial charge >= 0.3 is 0 Å². The molecule has 20 heavy (non-hydrogen) atoms. The van der Waals surface area contributed by atoms with Crippen LogP contribution in [0.3, 0.4) is 0 Å². The number of nitro benzene ring substituents is 1. The minimum atomic E-state index is -0.552. The van der Waals surface area contributed by atoms with Gasteiger partial charge in [0.05, 0.1) is 16.5 Å². The molecular weight excluding hydrogens is 283 g/mol. The highest BCUT2D eigenvalue weighted by Gasteiger charge is 2.21. The fraction of sp³-hybridized carbons (Fsp3) is 0.333. The molecule has 2 aromatic rings. The van der Waals surface area contributed by atoms with Gasteiger partial charge in [-0.05, 0) is 25.6 Å². The molecule has 0 aliphatic heterocycles. The molecule has 0 aliphatic carbocycles. The van der Waals surface area contributed by atoms with Gasteiger partial charge in [0.1, 0.15) is 10.8 Å². The van der Waals surface area contributed by atoms with Gasteiger partial charge in [0.2, 0.25) is 0 Å². The molecule has 0 spiro atoms. The maximum absolute atomic E-state index is 13.3. The summed E-state index contributed by atoms with van der Waals surface area (Å²) >= 11 is 1.22. The van der Waals surface area contributed by atoms with E-state index in [2.05, 4.69) is 15.5 Å². The zero-order chi connectivity index (χ0) is 14.7. The first-order chi connectivity index (χ1) is 9.52. The van der Waals surface area contributed by atoms with E-state index in [1.165, 1.54) is 11.3 Å². The fourth-order valence-electron chi connectivity index (χ4n) is 1.75. The van der Waals surface area contributed by atoms with Gasteiger partial charge < -0.3 is 5.32 Å². The molecule has 1 heterocycles. The van der Waals surface area contributed by atoms with Crippen LogP contribution in [-0.2, 0) is 0 Å². The Morgan fingerprint density at radius 1 is 1.50 bits per heavy atom. The van der Waals surface area contributed by atoms with Crippen molar-refractivity contribution in [2.75, 3.05) is 6.54 Å². The number of nitrogens with zero attached hydrogens (tertiary/aromatic N) is 3. The van der Waals surface area contributed by atoms with Gasteiger partial charge in [-0.2, -0.15) is 0 Å². The highest BCUT2D eigenvalue weighted by Crippen LogP contribution is 2.33.